The van der Waals surface area contributed by atoms with Crippen molar-refractivity contribution in [1.82, 2.24) is 0 Å². The monoisotopic (exact) mass is 97.1 g/mol. The first-order valence-electron chi connectivity index (χ1n) is 1.81. The molecule has 0 radical (unpaired) electrons. The zero-order chi connectivity index (χ0) is 5.54. The van der Waals surface area contributed by atoms with Crippen LogP contribution in [-0.2, 0) is 0 Å². The van der Waals surface area contributed by atoms with Crippen molar-refractivity contribution in [3.05, 3.63) is 0 Å². The second-order valence-corrected chi connectivity index (χ2v) is 0.813. The number of rotatable bonds is 2. The molecule has 0 saturated heterocycles. The third kappa shape index (κ3) is 5.01. The maximum atomic E-state index is 3.61. The standard InChI is InChI=1S/C4H7N3/c1-5-3-4-7-6-2/h3-4H,2H2,1H3/b5-3?,7-4-. The molecule has 0 aromatic carbocycles. The van der Waals surface area contributed by atoms with Crippen LogP contribution >= 0.6 is 0 Å². The predicted octanol–water partition coefficient (Wildman–Crippen LogP) is 0.373. The van der Waals surface area contributed by atoms with Crippen LogP contribution in [0.5, 0.6) is 0 Å². The van der Waals surface area contributed by atoms with Gasteiger partial charge in [-0.25, -0.2) is 0 Å². The lowest BCUT2D eigenvalue weighted by atomic mass is 10.8. The summed E-state index contributed by atoms with van der Waals surface area (Å²) in [5.74, 6) is 0. The smallest absolute Gasteiger partial charge is 0.0673 e. The van der Waals surface area contributed by atoms with Gasteiger partial charge in [-0.15, -0.1) is 0 Å². The highest BCUT2D eigenvalue weighted by Gasteiger charge is 1.53. The van der Waals surface area contributed by atoms with E-state index in [1.54, 1.807) is 7.05 Å². The first-order chi connectivity index (χ1) is 3.41. The summed E-state index contributed by atoms with van der Waals surface area (Å²) in [6, 6.07) is 0. The van der Waals surface area contributed by atoms with Crippen LogP contribution in [0, 0.1) is 0 Å². The molecule has 0 aliphatic heterocycles. The van der Waals surface area contributed by atoms with E-state index in [-0.39, 0.29) is 0 Å². The molecule has 3 heteroatoms. The summed E-state index contributed by atoms with van der Waals surface area (Å²) in [5.41, 5.74) is 0. The summed E-state index contributed by atoms with van der Waals surface area (Å²) >= 11 is 0. The Bertz CT molecular complexity index is 93.1. The zero-order valence-corrected chi connectivity index (χ0v) is 4.20. The molecule has 0 aliphatic carbocycles. The van der Waals surface area contributed by atoms with Gasteiger partial charge in [0.05, 0.1) is 6.21 Å². The summed E-state index contributed by atoms with van der Waals surface area (Å²) in [5, 5.41) is 6.60. The summed E-state index contributed by atoms with van der Waals surface area (Å²) in [6.45, 7) is 3.12. The van der Waals surface area contributed by atoms with E-state index < -0.39 is 0 Å². The Morgan fingerprint density at radius 1 is 1.43 bits per heavy atom. The third-order valence-electron chi connectivity index (χ3n) is 0.364. The molecule has 0 aliphatic rings. The van der Waals surface area contributed by atoms with Gasteiger partial charge in [-0.2, -0.15) is 10.2 Å². The first-order valence-corrected chi connectivity index (χ1v) is 1.81. The first kappa shape index (κ1) is 6.01. The highest BCUT2D eigenvalue weighted by molar-refractivity contribution is 6.15. The number of nitrogens with zero attached hydrogens (tertiary/aromatic N) is 3. The van der Waals surface area contributed by atoms with Crippen LogP contribution in [-0.4, -0.2) is 26.2 Å². The minimum atomic E-state index is 1.47. The number of hydrogen-bond donors (Lipinski definition) is 0. The molecule has 0 unspecified atom stereocenters. The molecule has 0 saturated carbocycles. The van der Waals surface area contributed by atoms with Crippen LogP contribution in [0.1, 0.15) is 0 Å². The predicted molar refractivity (Wildman–Crippen MR) is 32.5 cm³/mol. The Balaban J connectivity index is 3.27. The van der Waals surface area contributed by atoms with E-state index in [1.807, 2.05) is 0 Å². The van der Waals surface area contributed by atoms with E-state index in [2.05, 4.69) is 21.9 Å². The highest BCUT2D eigenvalue weighted by Crippen LogP contribution is 1.57. The van der Waals surface area contributed by atoms with Crippen molar-refractivity contribution in [2.24, 2.45) is 15.2 Å². The van der Waals surface area contributed by atoms with Gasteiger partial charge in [0.25, 0.3) is 0 Å². The molecule has 0 aromatic rings. The lowest BCUT2D eigenvalue weighted by Crippen LogP contribution is -1.69. The Labute approximate surface area is 42.5 Å². The minimum Gasteiger partial charge on any atom is -0.295 e. The summed E-state index contributed by atoms with van der Waals surface area (Å²) in [7, 11) is 1.66. The summed E-state index contributed by atoms with van der Waals surface area (Å²) in [4.78, 5) is 3.61. The number of aliphatic imine (C=N–C) groups is 1. The molecule has 0 aromatic heterocycles. The Kier molecular flexibility index (Phi) is 4.30. The molecule has 0 spiro atoms. The summed E-state index contributed by atoms with van der Waals surface area (Å²) in [6.07, 6.45) is 3.00. The average Bonchev–Trinajstić information content (AvgIpc) is 1.69. The molecule has 7 heavy (non-hydrogen) atoms. The van der Waals surface area contributed by atoms with Crippen LogP contribution in [0.15, 0.2) is 15.2 Å². The van der Waals surface area contributed by atoms with Crippen molar-refractivity contribution in [1.29, 1.82) is 0 Å². The van der Waals surface area contributed by atoms with E-state index in [9.17, 15) is 0 Å². The quantitative estimate of drug-likeness (QED) is 0.353. The van der Waals surface area contributed by atoms with Crippen LogP contribution in [0.3, 0.4) is 0 Å². The average molecular weight is 97.1 g/mol. The maximum absolute atomic E-state index is 3.61. The SMILES string of the molecule is C=N/N=C\C=NC. The topological polar surface area (TPSA) is 37.1 Å². The second-order valence-electron chi connectivity index (χ2n) is 0.813. The normalized spacial score (nSPS) is 11.0. The zero-order valence-electron chi connectivity index (χ0n) is 4.20. The van der Waals surface area contributed by atoms with Crippen molar-refractivity contribution in [2.75, 3.05) is 7.05 Å². The number of hydrogen-bond acceptors (Lipinski definition) is 3. The van der Waals surface area contributed by atoms with Gasteiger partial charge in [0.1, 0.15) is 0 Å². The van der Waals surface area contributed by atoms with E-state index in [1.165, 1.54) is 12.4 Å². The largest absolute Gasteiger partial charge is 0.295 e. The third-order valence-corrected chi connectivity index (χ3v) is 0.364. The Morgan fingerprint density at radius 2 is 2.14 bits per heavy atom. The summed E-state index contributed by atoms with van der Waals surface area (Å²) < 4.78 is 0. The molecule has 38 valence electrons. The van der Waals surface area contributed by atoms with Gasteiger partial charge in [0, 0.05) is 20.0 Å². The van der Waals surface area contributed by atoms with Crippen molar-refractivity contribution in [3.8, 4) is 0 Å². The van der Waals surface area contributed by atoms with Crippen LogP contribution in [0.4, 0.5) is 0 Å². The van der Waals surface area contributed by atoms with Gasteiger partial charge in [-0.3, -0.25) is 4.99 Å². The molecule has 0 N–H and O–H groups in total. The molecule has 0 rings (SSSR count). The molecule has 0 heterocycles. The van der Waals surface area contributed by atoms with Crippen molar-refractivity contribution >= 4 is 19.1 Å². The minimum absolute atomic E-state index is 1.47. The molecule has 0 fully saturated rings. The van der Waals surface area contributed by atoms with E-state index >= 15 is 0 Å². The van der Waals surface area contributed by atoms with Gasteiger partial charge in [0.2, 0.25) is 0 Å². The molecule has 0 amide bonds. The molecular formula is C4H7N3. The van der Waals surface area contributed by atoms with E-state index in [0.717, 1.165) is 0 Å². The molecule has 3 nitrogen and oxygen atoms in total. The van der Waals surface area contributed by atoms with E-state index in [0.29, 0.717) is 0 Å². The van der Waals surface area contributed by atoms with Gasteiger partial charge in [-0.1, -0.05) is 0 Å². The Hall–Kier alpha value is -0.990. The lowest BCUT2D eigenvalue weighted by Gasteiger charge is -1.65. The Morgan fingerprint density at radius 3 is 2.57 bits per heavy atom. The fourth-order valence-corrected chi connectivity index (χ4v) is 0.144. The lowest BCUT2D eigenvalue weighted by molar-refractivity contribution is 1.29. The van der Waals surface area contributed by atoms with Gasteiger partial charge < -0.3 is 0 Å². The fourth-order valence-electron chi connectivity index (χ4n) is 0.144. The van der Waals surface area contributed by atoms with Gasteiger partial charge >= 0.3 is 0 Å². The van der Waals surface area contributed by atoms with Crippen LogP contribution in [0.25, 0.3) is 0 Å². The molecule has 0 bridgehead atoms. The van der Waals surface area contributed by atoms with Crippen molar-refractivity contribution in [3.63, 3.8) is 0 Å². The van der Waals surface area contributed by atoms with E-state index in [4.69, 9.17) is 0 Å². The highest BCUT2D eigenvalue weighted by atomic mass is 15.2. The molecule has 0 atom stereocenters. The fraction of sp³-hybridized carbons (Fsp3) is 0.250. The second kappa shape index (κ2) is 5.01. The van der Waals surface area contributed by atoms with Crippen molar-refractivity contribution in [2.45, 2.75) is 0 Å². The van der Waals surface area contributed by atoms with Crippen LogP contribution < -0.4 is 0 Å². The maximum Gasteiger partial charge on any atom is 0.0673 e. The molecular weight excluding hydrogens is 90.1 g/mol. The van der Waals surface area contributed by atoms with Gasteiger partial charge in [0.15, 0.2) is 0 Å². The van der Waals surface area contributed by atoms with Gasteiger partial charge in [-0.05, 0) is 0 Å². The van der Waals surface area contributed by atoms with Crippen LogP contribution in [0.2, 0.25) is 0 Å². The van der Waals surface area contributed by atoms with Crippen molar-refractivity contribution < 1.29 is 0 Å².